The van der Waals surface area contributed by atoms with Crippen LogP contribution in [0.1, 0.15) is 20.3 Å². The third-order valence-electron chi connectivity index (χ3n) is 1.98. The van der Waals surface area contributed by atoms with Crippen LogP contribution in [0.2, 0.25) is 0 Å². The summed E-state index contributed by atoms with van der Waals surface area (Å²) in [6.45, 7) is 6.01. The number of aliphatic imine (C=N–C) groups is 1. The van der Waals surface area contributed by atoms with Gasteiger partial charge < -0.3 is 14.6 Å². The Balaban J connectivity index is 3.36. The Kier molecular flexibility index (Phi) is 11.1. The molecular formula is C12H22N2O4. The van der Waals surface area contributed by atoms with Gasteiger partial charge >= 0.3 is 5.97 Å². The van der Waals surface area contributed by atoms with Crippen LogP contribution in [-0.4, -0.2) is 50.5 Å². The minimum atomic E-state index is -0.942. The van der Waals surface area contributed by atoms with Gasteiger partial charge in [-0.1, -0.05) is 13.0 Å². The molecule has 0 radical (unpaired) electrons. The van der Waals surface area contributed by atoms with E-state index in [1.165, 1.54) is 12.5 Å². The molecule has 0 heterocycles. The van der Waals surface area contributed by atoms with Crippen molar-refractivity contribution < 1.29 is 19.4 Å². The Bertz CT molecular complexity index is 277. The molecule has 0 amide bonds. The van der Waals surface area contributed by atoms with Crippen molar-refractivity contribution in [3.05, 3.63) is 11.6 Å². The number of rotatable bonds is 11. The quantitative estimate of drug-likeness (QED) is 0.250. The summed E-state index contributed by atoms with van der Waals surface area (Å²) in [5.74, 6) is -0.942. The van der Waals surface area contributed by atoms with Crippen LogP contribution in [-0.2, 0) is 14.3 Å². The van der Waals surface area contributed by atoms with Gasteiger partial charge in [0.25, 0.3) is 0 Å². The van der Waals surface area contributed by atoms with Gasteiger partial charge in [0.2, 0.25) is 0 Å². The lowest BCUT2D eigenvalue weighted by atomic mass is 10.3. The molecule has 0 aliphatic carbocycles. The standard InChI is InChI=1S/C12H22N2O4/c1-3-6-18-10-14-9-13-5-7-17-8-11(4-2)12(15)16/h4,10,13H,3,5-9H2,1-2H3,(H,15,16)/b11-4+,14-10+. The first-order valence-corrected chi connectivity index (χ1v) is 5.99. The van der Waals surface area contributed by atoms with Gasteiger partial charge in [-0.05, 0) is 13.3 Å². The van der Waals surface area contributed by atoms with E-state index in [9.17, 15) is 4.79 Å². The summed E-state index contributed by atoms with van der Waals surface area (Å²) in [6.07, 6.45) is 3.93. The van der Waals surface area contributed by atoms with E-state index < -0.39 is 5.97 Å². The van der Waals surface area contributed by atoms with Crippen molar-refractivity contribution in [1.29, 1.82) is 0 Å². The van der Waals surface area contributed by atoms with E-state index in [0.717, 1.165) is 6.42 Å². The van der Waals surface area contributed by atoms with Crippen molar-refractivity contribution in [3.8, 4) is 0 Å². The molecule has 0 fully saturated rings. The van der Waals surface area contributed by atoms with E-state index in [1.54, 1.807) is 6.92 Å². The molecular weight excluding hydrogens is 236 g/mol. The summed E-state index contributed by atoms with van der Waals surface area (Å²) in [5.41, 5.74) is 0.265. The Labute approximate surface area is 108 Å². The van der Waals surface area contributed by atoms with E-state index in [-0.39, 0.29) is 12.2 Å². The van der Waals surface area contributed by atoms with Crippen LogP contribution < -0.4 is 5.32 Å². The van der Waals surface area contributed by atoms with E-state index in [2.05, 4.69) is 10.3 Å². The Morgan fingerprint density at radius 2 is 2.22 bits per heavy atom. The smallest absolute Gasteiger partial charge is 0.333 e. The fraction of sp³-hybridized carbons (Fsp3) is 0.667. The normalized spacial score (nSPS) is 12.0. The predicted octanol–water partition coefficient (Wildman–Crippen LogP) is 1.04. The van der Waals surface area contributed by atoms with Crippen molar-refractivity contribution in [2.45, 2.75) is 20.3 Å². The summed E-state index contributed by atoms with van der Waals surface area (Å²) in [6, 6.07) is 0. The minimum Gasteiger partial charge on any atom is -0.483 e. The van der Waals surface area contributed by atoms with Crippen LogP contribution in [0.5, 0.6) is 0 Å². The number of carbonyl (C=O) groups is 1. The highest BCUT2D eigenvalue weighted by atomic mass is 16.5. The molecule has 0 aromatic rings. The van der Waals surface area contributed by atoms with Gasteiger partial charge in [0.1, 0.15) is 0 Å². The molecule has 0 saturated carbocycles. The molecule has 0 unspecified atom stereocenters. The van der Waals surface area contributed by atoms with Crippen LogP contribution in [0.15, 0.2) is 16.6 Å². The fourth-order valence-corrected chi connectivity index (χ4v) is 0.999. The van der Waals surface area contributed by atoms with E-state index >= 15 is 0 Å². The second-order valence-electron chi connectivity index (χ2n) is 3.49. The first kappa shape index (κ1) is 16.6. The van der Waals surface area contributed by atoms with Crippen molar-refractivity contribution in [2.24, 2.45) is 4.99 Å². The largest absolute Gasteiger partial charge is 0.483 e. The van der Waals surface area contributed by atoms with Gasteiger partial charge in [-0.2, -0.15) is 0 Å². The zero-order valence-corrected chi connectivity index (χ0v) is 11.0. The fourth-order valence-electron chi connectivity index (χ4n) is 0.999. The molecule has 0 atom stereocenters. The summed E-state index contributed by atoms with van der Waals surface area (Å²) < 4.78 is 10.2. The lowest BCUT2D eigenvalue weighted by Crippen LogP contribution is -2.21. The number of allylic oxidation sites excluding steroid dienone is 1. The second kappa shape index (κ2) is 12.1. The van der Waals surface area contributed by atoms with Gasteiger partial charge in [0.15, 0.2) is 6.40 Å². The molecule has 2 N–H and O–H groups in total. The predicted molar refractivity (Wildman–Crippen MR) is 69.8 cm³/mol. The molecule has 0 rings (SSSR count). The molecule has 0 aromatic carbocycles. The molecule has 0 bridgehead atoms. The lowest BCUT2D eigenvalue weighted by molar-refractivity contribution is -0.133. The van der Waals surface area contributed by atoms with Gasteiger partial charge in [-0.3, -0.25) is 5.32 Å². The number of hydrogen-bond donors (Lipinski definition) is 2. The van der Waals surface area contributed by atoms with E-state index in [4.69, 9.17) is 14.6 Å². The van der Waals surface area contributed by atoms with Crippen LogP contribution >= 0.6 is 0 Å². The number of ether oxygens (including phenoxy) is 2. The van der Waals surface area contributed by atoms with Crippen LogP contribution in [0.4, 0.5) is 0 Å². The van der Waals surface area contributed by atoms with Gasteiger partial charge in [-0.15, -0.1) is 0 Å². The highest BCUT2D eigenvalue weighted by Crippen LogP contribution is 1.94. The molecule has 0 aliphatic rings. The van der Waals surface area contributed by atoms with E-state index in [0.29, 0.717) is 26.4 Å². The van der Waals surface area contributed by atoms with Crippen LogP contribution in [0.25, 0.3) is 0 Å². The molecule has 6 nitrogen and oxygen atoms in total. The number of nitrogens with one attached hydrogen (secondary N) is 1. The molecule has 0 aromatic heterocycles. The maximum Gasteiger partial charge on any atom is 0.333 e. The summed E-state index contributed by atoms with van der Waals surface area (Å²) in [7, 11) is 0. The Morgan fingerprint density at radius 1 is 1.44 bits per heavy atom. The number of carboxylic acids is 1. The SMILES string of the molecule is C/C=C(\COCCNC/N=C/OCCC)C(=O)O. The van der Waals surface area contributed by atoms with E-state index in [1.807, 2.05) is 6.92 Å². The Hall–Kier alpha value is -1.40. The Morgan fingerprint density at radius 3 is 2.83 bits per heavy atom. The highest BCUT2D eigenvalue weighted by Gasteiger charge is 2.04. The van der Waals surface area contributed by atoms with Crippen LogP contribution in [0, 0.1) is 0 Å². The van der Waals surface area contributed by atoms with Gasteiger partial charge in [0.05, 0.1) is 32.1 Å². The summed E-state index contributed by atoms with van der Waals surface area (Å²) in [4.78, 5) is 14.6. The molecule has 6 heteroatoms. The highest BCUT2D eigenvalue weighted by molar-refractivity contribution is 5.86. The minimum absolute atomic E-state index is 0.121. The maximum absolute atomic E-state index is 10.6. The number of aliphatic carboxylic acids is 1. The van der Waals surface area contributed by atoms with Gasteiger partial charge in [-0.25, -0.2) is 9.79 Å². The summed E-state index contributed by atoms with van der Waals surface area (Å²) >= 11 is 0. The monoisotopic (exact) mass is 258 g/mol. The van der Waals surface area contributed by atoms with Crippen molar-refractivity contribution >= 4 is 12.4 Å². The summed E-state index contributed by atoms with van der Waals surface area (Å²) in [5, 5.41) is 11.7. The lowest BCUT2D eigenvalue weighted by Gasteiger charge is -2.04. The zero-order chi connectivity index (χ0) is 13.6. The average molecular weight is 258 g/mol. The number of hydrogen-bond acceptors (Lipinski definition) is 5. The molecule has 0 aliphatic heterocycles. The first-order valence-electron chi connectivity index (χ1n) is 5.99. The average Bonchev–Trinajstić information content (AvgIpc) is 2.35. The molecule has 0 saturated heterocycles. The molecule has 0 spiro atoms. The van der Waals surface area contributed by atoms with Crippen molar-refractivity contribution in [1.82, 2.24) is 5.32 Å². The first-order chi connectivity index (χ1) is 8.72. The van der Waals surface area contributed by atoms with Crippen molar-refractivity contribution in [2.75, 3.05) is 33.0 Å². The van der Waals surface area contributed by atoms with Gasteiger partial charge in [0, 0.05) is 6.54 Å². The number of nitrogens with zero attached hydrogens (tertiary/aromatic N) is 1. The number of carboxylic acid groups (broad SMARTS) is 1. The topological polar surface area (TPSA) is 80.1 Å². The third-order valence-corrected chi connectivity index (χ3v) is 1.98. The third kappa shape index (κ3) is 9.80. The maximum atomic E-state index is 10.6. The van der Waals surface area contributed by atoms with Crippen molar-refractivity contribution in [3.63, 3.8) is 0 Å². The van der Waals surface area contributed by atoms with Crippen LogP contribution in [0.3, 0.4) is 0 Å². The molecule has 104 valence electrons. The molecule has 18 heavy (non-hydrogen) atoms. The second-order valence-corrected chi connectivity index (χ2v) is 3.49. The zero-order valence-electron chi connectivity index (χ0n) is 11.0.